The van der Waals surface area contributed by atoms with E-state index < -0.39 is 5.69 Å². The molecule has 1 heterocycles. The topological polar surface area (TPSA) is 93.2 Å². The molecule has 0 saturated heterocycles. The number of nitrogens with zero attached hydrogens (tertiary/aromatic N) is 1. The number of aromatic nitrogens is 2. The molecular formula is C22H23N3O4. The van der Waals surface area contributed by atoms with Crippen LogP contribution in [-0.2, 0) is 19.4 Å². The number of benzene rings is 2. The Morgan fingerprint density at radius 1 is 1.14 bits per heavy atom. The Morgan fingerprint density at radius 2 is 1.97 bits per heavy atom. The summed E-state index contributed by atoms with van der Waals surface area (Å²) in [4.78, 5) is 39.3. The van der Waals surface area contributed by atoms with Crippen LogP contribution >= 0.6 is 0 Å². The van der Waals surface area contributed by atoms with E-state index in [1.807, 2.05) is 6.07 Å². The number of ether oxygens (including phenoxy) is 1. The van der Waals surface area contributed by atoms with Crippen molar-refractivity contribution in [2.45, 2.75) is 32.7 Å². The molecule has 0 spiro atoms. The van der Waals surface area contributed by atoms with Crippen LogP contribution in [0.3, 0.4) is 0 Å². The summed E-state index contributed by atoms with van der Waals surface area (Å²) in [5, 5.41) is 3.18. The number of fused-ring (bicyclic) bond motifs is 2. The average Bonchev–Trinajstić information content (AvgIpc) is 3.19. The quantitative estimate of drug-likeness (QED) is 0.627. The molecule has 0 saturated carbocycles. The zero-order valence-corrected chi connectivity index (χ0v) is 16.3. The number of aromatic amines is 1. The molecule has 7 nitrogen and oxygen atoms in total. The molecular weight excluding hydrogens is 370 g/mol. The zero-order chi connectivity index (χ0) is 20.4. The third-order valence-electron chi connectivity index (χ3n) is 5.29. The number of H-pyrrole nitrogens is 1. The van der Waals surface area contributed by atoms with Gasteiger partial charge in [-0.05, 0) is 67.6 Å². The van der Waals surface area contributed by atoms with Crippen molar-refractivity contribution >= 4 is 16.8 Å². The first kappa shape index (κ1) is 19.0. The molecule has 1 aromatic heterocycles. The fraction of sp³-hybridized carbons (Fsp3) is 0.318. The second kappa shape index (κ2) is 7.95. The van der Waals surface area contributed by atoms with Gasteiger partial charge in [0.25, 0.3) is 11.5 Å². The Balaban J connectivity index is 1.39. The summed E-state index contributed by atoms with van der Waals surface area (Å²) in [5.41, 5.74) is 2.63. The molecule has 0 fully saturated rings. The predicted octanol–water partition coefficient (Wildman–Crippen LogP) is 2.01. The number of carbonyl (C=O) groups excluding carboxylic acids is 1. The second-order valence-electron chi connectivity index (χ2n) is 7.13. The van der Waals surface area contributed by atoms with E-state index in [0.717, 1.165) is 23.2 Å². The molecule has 2 N–H and O–H groups in total. The van der Waals surface area contributed by atoms with Gasteiger partial charge >= 0.3 is 5.69 Å². The van der Waals surface area contributed by atoms with Crippen LogP contribution in [0.4, 0.5) is 0 Å². The van der Waals surface area contributed by atoms with Gasteiger partial charge in [0.2, 0.25) is 0 Å². The van der Waals surface area contributed by atoms with Crippen LogP contribution in [0, 0.1) is 0 Å². The Bertz CT molecular complexity index is 1190. The van der Waals surface area contributed by atoms with Gasteiger partial charge in [-0.15, -0.1) is 0 Å². The van der Waals surface area contributed by atoms with E-state index in [4.69, 9.17) is 4.74 Å². The van der Waals surface area contributed by atoms with E-state index in [0.29, 0.717) is 29.6 Å². The predicted molar refractivity (Wildman–Crippen MR) is 111 cm³/mol. The molecule has 1 aliphatic carbocycles. The van der Waals surface area contributed by atoms with Crippen LogP contribution in [0.2, 0.25) is 0 Å². The van der Waals surface area contributed by atoms with Gasteiger partial charge in [-0.3, -0.25) is 14.2 Å². The highest BCUT2D eigenvalue weighted by molar-refractivity contribution is 5.97. The van der Waals surface area contributed by atoms with E-state index >= 15 is 0 Å². The molecule has 29 heavy (non-hydrogen) atoms. The fourth-order valence-electron chi connectivity index (χ4n) is 3.76. The maximum absolute atomic E-state index is 12.4. The average molecular weight is 393 g/mol. The molecule has 4 rings (SSSR count). The van der Waals surface area contributed by atoms with E-state index in [2.05, 4.69) is 22.4 Å². The number of carbonyl (C=O) groups is 1. The van der Waals surface area contributed by atoms with Gasteiger partial charge in [0.15, 0.2) is 0 Å². The van der Waals surface area contributed by atoms with Crippen LogP contribution in [-0.4, -0.2) is 28.6 Å². The SMILES string of the molecule is CCn1c(=O)[nH]c2cc(C(=O)NCCOc3ccc4c(c3)CCC4)ccc2c1=O. The van der Waals surface area contributed by atoms with Crippen LogP contribution < -0.4 is 21.3 Å². The van der Waals surface area contributed by atoms with Crippen LogP contribution in [0.5, 0.6) is 5.75 Å². The van der Waals surface area contributed by atoms with E-state index in [9.17, 15) is 14.4 Å². The molecule has 2 aromatic carbocycles. The molecule has 0 aliphatic heterocycles. The van der Waals surface area contributed by atoms with Crippen molar-refractivity contribution in [1.29, 1.82) is 0 Å². The molecule has 150 valence electrons. The highest BCUT2D eigenvalue weighted by atomic mass is 16.5. The first-order valence-corrected chi connectivity index (χ1v) is 9.86. The van der Waals surface area contributed by atoms with E-state index in [-0.39, 0.29) is 18.0 Å². The van der Waals surface area contributed by atoms with Crippen molar-refractivity contribution in [2.75, 3.05) is 13.2 Å². The lowest BCUT2D eigenvalue weighted by Gasteiger charge is -2.10. The summed E-state index contributed by atoms with van der Waals surface area (Å²) in [5.74, 6) is 0.528. The summed E-state index contributed by atoms with van der Waals surface area (Å²) < 4.78 is 6.86. The number of amides is 1. The Hall–Kier alpha value is -3.35. The van der Waals surface area contributed by atoms with Gasteiger partial charge < -0.3 is 15.0 Å². The Morgan fingerprint density at radius 3 is 2.79 bits per heavy atom. The summed E-state index contributed by atoms with van der Waals surface area (Å²) in [6.07, 6.45) is 3.42. The lowest BCUT2D eigenvalue weighted by atomic mass is 10.1. The number of nitrogens with one attached hydrogen (secondary N) is 2. The van der Waals surface area contributed by atoms with Crippen LogP contribution in [0.1, 0.15) is 34.8 Å². The van der Waals surface area contributed by atoms with E-state index in [1.54, 1.807) is 19.1 Å². The molecule has 0 unspecified atom stereocenters. The monoisotopic (exact) mass is 393 g/mol. The highest BCUT2D eigenvalue weighted by Crippen LogP contribution is 2.25. The van der Waals surface area contributed by atoms with Crippen molar-refractivity contribution in [3.63, 3.8) is 0 Å². The zero-order valence-electron chi connectivity index (χ0n) is 16.3. The molecule has 7 heteroatoms. The lowest BCUT2D eigenvalue weighted by Crippen LogP contribution is -2.34. The van der Waals surface area contributed by atoms with Crippen molar-refractivity contribution in [2.24, 2.45) is 0 Å². The van der Waals surface area contributed by atoms with Crippen LogP contribution in [0.15, 0.2) is 46.0 Å². The first-order chi connectivity index (χ1) is 14.1. The Labute approximate surface area is 167 Å². The minimum Gasteiger partial charge on any atom is -0.492 e. The highest BCUT2D eigenvalue weighted by Gasteiger charge is 2.12. The standard InChI is InChI=1S/C22H23N3O4/c1-2-25-21(27)18-9-7-16(13-19(18)24-22(25)28)20(26)23-10-11-29-17-8-6-14-4-3-5-15(14)12-17/h6-9,12-13H,2-5,10-11H2,1H3,(H,23,26)(H,24,28). The van der Waals surface area contributed by atoms with Gasteiger partial charge in [-0.25, -0.2) is 4.79 Å². The smallest absolute Gasteiger partial charge is 0.328 e. The van der Waals surface area contributed by atoms with Gasteiger partial charge in [0.1, 0.15) is 12.4 Å². The van der Waals surface area contributed by atoms with Gasteiger partial charge in [-0.2, -0.15) is 0 Å². The van der Waals surface area contributed by atoms with Gasteiger partial charge in [0, 0.05) is 12.1 Å². The lowest BCUT2D eigenvalue weighted by molar-refractivity contribution is 0.0947. The first-order valence-electron chi connectivity index (χ1n) is 9.86. The molecule has 0 radical (unpaired) electrons. The maximum Gasteiger partial charge on any atom is 0.328 e. The van der Waals surface area contributed by atoms with Crippen molar-refractivity contribution in [3.8, 4) is 5.75 Å². The van der Waals surface area contributed by atoms with Gasteiger partial charge in [-0.1, -0.05) is 6.07 Å². The van der Waals surface area contributed by atoms with Crippen molar-refractivity contribution in [1.82, 2.24) is 14.9 Å². The van der Waals surface area contributed by atoms with Crippen molar-refractivity contribution in [3.05, 3.63) is 73.9 Å². The molecule has 0 bridgehead atoms. The summed E-state index contributed by atoms with van der Waals surface area (Å²) in [6.45, 7) is 2.73. The third kappa shape index (κ3) is 3.81. The molecule has 1 aliphatic rings. The van der Waals surface area contributed by atoms with E-state index in [1.165, 1.54) is 23.6 Å². The second-order valence-corrected chi connectivity index (χ2v) is 7.13. The largest absolute Gasteiger partial charge is 0.492 e. The number of hydrogen-bond donors (Lipinski definition) is 2. The summed E-state index contributed by atoms with van der Waals surface area (Å²) in [6, 6.07) is 10.8. The normalized spacial score (nSPS) is 12.7. The number of aryl methyl sites for hydroxylation is 2. The van der Waals surface area contributed by atoms with Gasteiger partial charge in [0.05, 0.1) is 17.4 Å². The number of hydrogen-bond acceptors (Lipinski definition) is 4. The molecule has 1 amide bonds. The third-order valence-corrected chi connectivity index (χ3v) is 5.29. The molecule has 3 aromatic rings. The minimum absolute atomic E-state index is 0.287. The summed E-state index contributed by atoms with van der Waals surface area (Å²) in [7, 11) is 0. The maximum atomic E-state index is 12.4. The van der Waals surface area contributed by atoms with Crippen molar-refractivity contribution < 1.29 is 9.53 Å². The number of rotatable bonds is 6. The molecule has 0 atom stereocenters. The van der Waals surface area contributed by atoms with Crippen LogP contribution in [0.25, 0.3) is 10.9 Å². The summed E-state index contributed by atoms with van der Waals surface area (Å²) >= 11 is 0. The fourth-order valence-corrected chi connectivity index (χ4v) is 3.76. The Kier molecular flexibility index (Phi) is 5.20. The minimum atomic E-state index is -0.481.